The number of nitro benzene ring substituents is 1. The lowest BCUT2D eigenvalue weighted by Gasteiger charge is -2.11. The first-order valence-electron chi connectivity index (χ1n) is 6.14. The molecule has 0 spiro atoms. The molecule has 0 heterocycles. The molecule has 0 aliphatic carbocycles. The molecule has 2 aromatic rings. The standard InChI is InChI=1S/C14H14FN3O3/c1-9-3-2-4-13(14(9)15)21-8-10-7-11(18(19)20)5-6-12(10)17-16/h2-7,17H,8,16H2,1H3. The van der Waals surface area contributed by atoms with Gasteiger partial charge < -0.3 is 10.2 Å². The number of rotatable bonds is 5. The van der Waals surface area contributed by atoms with Crippen molar-refractivity contribution in [3.05, 3.63) is 63.5 Å². The molecule has 0 amide bonds. The number of hydrogen-bond acceptors (Lipinski definition) is 5. The molecule has 0 aliphatic rings. The molecule has 0 saturated carbocycles. The van der Waals surface area contributed by atoms with E-state index in [9.17, 15) is 14.5 Å². The molecule has 0 radical (unpaired) electrons. The smallest absolute Gasteiger partial charge is 0.269 e. The van der Waals surface area contributed by atoms with Crippen LogP contribution < -0.4 is 16.0 Å². The van der Waals surface area contributed by atoms with Gasteiger partial charge in [0.1, 0.15) is 6.61 Å². The first-order valence-corrected chi connectivity index (χ1v) is 6.14. The summed E-state index contributed by atoms with van der Waals surface area (Å²) in [6.07, 6.45) is 0. The molecular weight excluding hydrogens is 277 g/mol. The minimum Gasteiger partial charge on any atom is -0.486 e. The number of hydrazine groups is 1. The highest BCUT2D eigenvalue weighted by molar-refractivity contribution is 5.55. The van der Waals surface area contributed by atoms with Gasteiger partial charge >= 0.3 is 0 Å². The fourth-order valence-corrected chi connectivity index (χ4v) is 1.84. The predicted octanol–water partition coefficient (Wildman–Crippen LogP) is 2.91. The van der Waals surface area contributed by atoms with Crippen LogP contribution in [0.4, 0.5) is 15.8 Å². The van der Waals surface area contributed by atoms with Gasteiger partial charge in [0.05, 0.1) is 10.6 Å². The minimum absolute atomic E-state index is 0.0401. The number of benzene rings is 2. The number of nitrogen functional groups attached to an aromatic ring is 1. The van der Waals surface area contributed by atoms with Crippen molar-refractivity contribution in [3.8, 4) is 5.75 Å². The molecule has 0 aromatic heterocycles. The highest BCUT2D eigenvalue weighted by atomic mass is 19.1. The lowest BCUT2D eigenvalue weighted by atomic mass is 10.1. The van der Waals surface area contributed by atoms with E-state index in [1.165, 1.54) is 24.3 Å². The number of nitrogens with one attached hydrogen (secondary N) is 1. The fraction of sp³-hybridized carbons (Fsp3) is 0.143. The quantitative estimate of drug-likeness (QED) is 0.502. The van der Waals surface area contributed by atoms with Gasteiger partial charge in [-0.3, -0.25) is 16.0 Å². The van der Waals surface area contributed by atoms with Crippen LogP contribution in [0.2, 0.25) is 0 Å². The highest BCUT2D eigenvalue weighted by Crippen LogP contribution is 2.25. The average molecular weight is 291 g/mol. The Morgan fingerprint density at radius 3 is 2.81 bits per heavy atom. The molecule has 0 aliphatic heterocycles. The van der Waals surface area contributed by atoms with Crippen LogP contribution in [0.1, 0.15) is 11.1 Å². The number of hydrogen-bond donors (Lipinski definition) is 2. The number of nitro groups is 1. The van der Waals surface area contributed by atoms with Crippen LogP contribution in [-0.4, -0.2) is 4.92 Å². The van der Waals surface area contributed by atoms with Crippen molar-refractivity contribution in [2.75, 3.05) is 5.43 Å². The maximum absolute atomic E-state index is 13.8. The van der Waals surface area contributed by atoms with Gasteiger partial charge in [-0.05, 0) is 24.6 Å². The average Bonchev–Trinajstić information content (AvgIpc) is 2.48. The molecule has 21 heavy (non-hydrogen) atoms. The van der Waals surface area contributed by atoms with Crippen molar-refractivity contribution < 1.29 is 14.1 Å². The summed E-state index contributed by atoms with van der Waals surface area (Å²) in [6.45, 7) is 1.59. The molecule has 2 rings (SSSR count). The predicted molar refractivity (Wildman–Crippen MR) is 76.4 cm³/mol. The van der Waals surface area contributed by atoms with E-state index in [4.69, 9.17) is 10.6 Å². The number of nitrogens with zero attached hydrogens (tertiary/aromatic N) is 1. The summed E-state index contributed by atoms with van der Waals surface area (Å²) in [5.74, 6) is 4.98. The monoisotopic (exact) mass is 291 g/mol. The van der Waals surface area contributed by atoms with Crippen LogP contribution >= 0.6 is 0 Å². The van der Waals surface area contributed by atoms with Gasteiger partial charge in [-0.2, -0.15) is 0 Å². The third kappa shape index (κ3) is 3.26. The van der Waals surface area contributed by atoms with Gasteiger partial charge in [0.2, 0.25) is 0 Å². The highest BCUT2D eigenvalue weighted by Gasteiger charge is 2.12. The Hall–Kier alpha value is -2.67. The van der Waals surface area contributed by atoms with Crippen molar-refractivity contribution in [2.24, 2.45) is 5.84 Å². The summed E-state index contributed by atoms with van der Waals surface area (Å²) >= 11 is 0. The van der Waals surface area contributed by atoms with E-state index in [0.717, 1.165) is 0 Å². The van der Waals surface area contributed by atoms with Crippen molar-refractivity contribution in [3.63, 3.8) is 0 Å². The zero-order valence-electron chi connectivity index (χ0n) is 11.3. The normalized spacial score (nSPS) is 10.2. The number of aryl methyl sites for hydroxylation is 1. The maximum Gasteiger partial charge on any atom is 0.269 e. The van der Waals surface area contributed by atoms with Crippen LogP contribution in [0.3, 0.4) is 0 Å². The molecule has 3 N–H and O–H groups in total. The number of anilines is 1. The number of nitrogens with two attached hydrogens (primary N) is 1. The Morgan fingerprint density at radius 1 is 1.38 bits per heavy atom. The zero-order valence-corrected chi connectivity index (χ0v) is 11.3. The fourth-order valence-electron chi connectivity index (χ4n) is 1.84. The second kappa shape index (κ2) is 6.19. The van der Waals surface area contributed by atoms with Gasteiger partial charge in [-0.15, -0.1) is 0 Å². The number of non-ortho nitro benzene ring substituents is 1. The topological polar surface area (TPSA) is 90.4 Å². The van der Waals surface area contributed by atoms with Gasteiger partial charge in [0.25, 0.3) is 5.69 Å². The van der Waals surface area contributed by atoms with Gasteiger partial charge in [-0.25, -0.2) is 4.39 Å². The van der Waals surface area contributed by atoms with E-state index in [0.29, 0.717) is 16.8 Å². The van der Waals surface area contributed by atoms with Gasteiger partial charge in [0, 0.05) is 17.7 Å². The lowest BCUT2D eigenvalue weighted by molar-refractivity contribution is -0.384. The van der Waals surface area contributed by atoms with Crippen LogP contribution in [0.25, 0.3) is 0 Å². The SMILES string of the molecule is Cc1cccc(OCc2cc([N+](=O)[O-])ccc2NN)c1F. The lowest BCUT2D eigenvalue weighted by Crippen LogP contribution is -2.11. The summed E-state index contributed by atoms with van der Waals surface area (Å²) in [5, 5.41) is 10.8. The second-order valence-corrected chi connectivity index (χ2v) is 4.42. The minimum atomic E-state index is -0.517. The summed E-state index contributed by atoms with van der Waals surface area (Å²) < 4.78 is 19.2. The van der Waals surface area contributed by atoms with E-state index in [2.05, 4.69) is 5.43 Å². The Balaban J connectivity index is 2.24. The van der Waals surface area contributed by atoms with Crippen LogP contribution in [-0.2, 0) is 6.61 Å². The molecular formula is C14H14FN3O3. The van der Waals surface area contributed by atoms with E-state index in [-0.39, 0.29) is 18.0 Å². The molecule has 0 fully saturated rings. The van der Waals surface area contributed by atoms with Gasteiger partial charge in [0.15, 0.2) is 11.6 Å². The van der Waals surface area contributed by atoms with E-state index in [1.807, 2.05) is 0 Å². The number of ether oxygens (including phenoxy) is 1. The molecule has 2 aromatic carbocycles. The molecule has 0 unspecified atom stereocenters. The summed E-state index contributed by atoms with van der Waals surface area (Å²) in [6, 6.07) is 8.93. The third-order valence-electron chi connectivity index (χ3n) is 2.99. The molecule has 0 atom stereocenters. The van der Waals surface area contributed by atoms with Crippen LogP contribution in [0.5, 0.6) is 5.75 Å². The van der Waals surface area contributed by atoms with E-state index < -0.39 is 10.7 Å². The number of halogens is 1. The molecule has 6 nitrogen and oxygen atoms in total. The van der Waals surface area contributed by atoms with E-state index in [1.54, 1.807) is 19.1 Å². The molecule has 7 heteroatoms. The summed E-state index contributed by atoms with van der Waals surface area (Å²) in [4.78, 5) is 10.3. The van der Waals surface area contributed by atoms with Gasteiger partial charge in [-0.1, -0.05) is 12.1 Å². The summed E-state index contributed by atoms with van der Waals surface area (Å²) in [5.41, 5.74) is 3.75. The molecule has 0 saturated heterocycles. The summed E-state index contributed by atoms with van der Waals surface area (Å²) in [7, 11) is 0. The zero-order chi connectivity index (χ0) is 15.4. The van der Waals surface area contributed by atoms with Crippen molar-refractivity contribution in [1.82, 2.24) is 0 Å². The largest absolute Gasteiger partial charge is 0.486 e. The Labute approximate surface area is 120 Å². The third-order valence-corrected chi connectivity index (χ3v) is 2.99. The Kier molecular flexibility index (Phi) is 4.34. The van der Waals surface area contributed by atoms with E-state index >= 15 is 0 Å². The Morgan fingerprint density at radius 2 is 2.14 bits per heavy atom. The first-order chi connectivity index (χ1) is 10.0. The molecule has 110 valence electrons. The first kappa shape index (κ1) is 14.7. The molecule has 0 bridgehead atoms. The van der Waals surface area contributed by atoms with Crippen molar-refractivity contribution in [2.45, 2.75) is 13.5 Å². The van der Waals surface area contributed by atoms with Crippen molar-refractivity contribution in [1.29, 1.82) is 0 Å². The van der Waals surface area contributed by atoms with Crippen molar-refractivity contribution >= 4 is 11.4 Å². The van der Waals surface area contributed by atoms with Crippen LogP contribution in [0, 0.1) is 22.9 Å². The maximum atomic E-state index is 13.8. The van der Waals surface area contributed by atoms with Crippen LogP contribution in [0.15, 0.2) is 36.4 Å². The Bertz CT molecular complexity index is 677. The second-order valence-electron chi connectivity index (χ2n) is 4.42.